The molecular weight excluding hydrogens is 405 g/mol. The molecule has 2 aromatic carbocycles. The van der Waals surface area contributed by atoms with Crippen molar-refractivity contribution in [1.29, 1.82) is 0 Å². The van der Waals surface area contributed by atoms with Crippen molar-refractivity contribution in [3.05, 3.63) is 82.1 Å². The normalized spacial score (nSPS) is 12.1. The molecule has 3 aromatic rings. The lowest BCUT2D eigenvalue weighted by Gasteiger charge is -2.20. The van der Waals surface area contributed by atoms with Crippen molar-refractivity contribution in [3.8, 4) is 5.75 Å². The number of rotatable bonds is 7. The molecule has 0 saturated carbocycles. The summed E-state index contributed by atoms with van der Waals surface area (Å²) in [4.78, 5) is 17.0. The summed E-state index contributed by atoms with van der Waals surface area (Å²) in [6.07, 6.45) is 3.36. The number of aromatic nitrogens is 2. The van der Waals surface area contributed by atoms with Gasteiger partial charge in [0.2, 0.25) is 0 Å². The molecule has 1 aromatic heterocycles. The van der Waals surface area contributed by atoms with Crippen molar-refractivity contribution in [2.75, 3.05) is 6.61 Å². The Morgan fingerprint density at radius 2 is 2.00 bits per heavy atom. The average Bonchev–Trinajstić information content (AvgIpc) is 3.13. The first-order valence-electron chi connectivity index (χ1n) is 9.71. The smallest absolute Gasteiger partial charge is 0.258 e. The zero-order chi connectivity index (χ0) is 21.8. The highest BCUT2D eigenvalue weighted by atomic mass is 35.5. The van der Waals surface area contributed by atoms with Crippen LogP contribution in [0.3, 0.4) is 0 Å². The fourth-order valence-corrected chi connectivity index (χ4v) is 3.41. The first kappa shape index (κ1) is 21.8. The Balaban J connectivity index is 1.81. The minimum atomic E-state index is -0.737. The Labute approximate surface area is 180 Å². The van der Waals surface area contributed by atoms with Crippen molar-refractivity contribution in [2.45, 2.75) is 32.7 Å². The number of ether oxygens (including phenoxy) is 1. The van der Waals surface area contributed by atoms with Gasteiger partial charge in [0.05, 0.1) is 0 Å². The molecule has 1 unspecified atom stereocenters. The van der Waals surface area contributed by atoms with Gasteiger partial charge in [-0.05, 0) is 42.2 Å². The summed E-state index contributed by atoms with van der Waals surface area (Å²) in [6.45, 7) is 5.73. The molecule has 1 heterocycles. The molecule has 30 heavy (non-hydrogen) atoms. The van der Waals surface area contributed by atoms with Crippen LogP contribution in [0.25, 0.3) is 0 Å². The topological polar surface area (TPSA) is 56.1 Å². The van der Waals surface area contributed by atoms with E-state index in [1.807, 2.05) is 32.9 Å². The molecule has 5 nitrogen and oxygen atoms in total. The van der Waals surface area contributed by atoms with Crippen molar-refractivity contribution in [2.24, 2.45) is 7.05 Å². The highest BCUT2D eigenvalue weighted by Gasteiger charge is 2.24. The molecule has 7 heteroatoms. The zero-order valence-corrected chi connectivity index (χ0v) is 18.2. The van der Waals surface area contributed by atoms with Gasteiger partial charge in [0.1, 0.15) is 23.4 Å². The van der Waals surface area contributed by atoms with E-state index in [9.17, 15) is 9.18 Å². The van der Waals surface area contributed by atoms with E-state index in [4.69, 9.17) is 16.3 Å². The number of carbonyl (C=O) groups excluding carboxylic acids is 1. The molecule has 0 radical (unpaired) electrons. The van der Waals surface area contributed by atoms with Crippen LogP contribution in [0.5, 0.6) is 5.75 Å². The van der Waals surface area contributed by atoms with E-state index in [-0.39, 0.29) is 18.4 Å². The van der Waals surface area contributed by atoms with E-state index in [0.717, 1.165) is 11.1 Å². The second-order valence-electron chi connectivity index (χ2n) is 7.50. The molecule has 0 saturated heterocycles. The molecule has 0 bridgehead atoms. The maximum atomic E-state index is 14.5. The maximum Gasteiger partial charge on any atom is 0.258 e. The lowest BCUT2D eigenvalue weighted by Crippen LogP contribution is -2.35. The van der Waals surface area contributed by atoms with Crippen LogP contribution in [-0.4, -0.2) is 22.1 Å². The minimum absolute atomic E-state index is 0.180. The van der Waals surface area contributed by atoms with Gasteiger partial charge in [-0.2, -0.15) is 0 Å². The van der Waals surface area contributed by atoms with E-state index in [1.54, 1.807) is 42.2 Å². The number of nitrogens with one attached hydrogen (secondary N) is 1. The van der Waals surface area contributed by atoms with Crippen molar-refractivity contribution < 1.29 is 13.9 Å². The molecule has 0 aliphatic carbocycles. The summed E-state index contributed by atoms with van der Waals surface area (Å²) in [5, 5.41) is 3.51. The van der Waals surface area contributed by atoms with Crippen LogP contribution >= 0.6 is 11.6 Å². The number of hydrogen-bond acceptors (Lipinski definition) is 3. The first-order chi connectivity index (χ1) is 14.3. The van der Waals surface area contributed by atoms with Gasteiger partial charge in [0, 0.05) is 30.0 Å². The summed E-state index contributed by atoms with van der Waals surface area (Å²) in [6, 6.07) is 9.29. The van der Waals surface area contributed by atoms with Crippen LogP contribution in [-0.2, 0) is 11.8 Å². The van der Waals surface area contributed by atoms with Gasteiger partial charge in [0.25, 0.3) is 5.91 Å². The number of hydrogen-bond donors (Lipinski definition) is 1. The highest BCUT2D eigenvalue weighted by molar-refractivity contribution is 6.31. The molecule has 1 atom stereocenters. The monoisotopic (exact) mass is 429 g/mol. The lowest BCUT2D eigenvalue weighted by molar-refractivity contribution is -0.123. The third kappa shape index (κ3) is 4.82. The maximum absolute atomic E-state index is 14.5. The van der Waals surface area contributed by atoms with E-state index < -0.39 is 11.9 Å². The number of imidazole rings is 1. The third-order valence-corrected chi connectivity index (χ3v) is 5.32. The van der Waals surface area contributed by atoms with Crippen molar-refractivity contribution in [3.63, 3.8) is 0 Å². The summed E-state index contributed by atoms with van der Waals surface area (Å²) in [5.74, 6) is 0.524. The Bertz CT molecular complexity index is 1050. The predicted octanol–water partition coefficient (Wildman–Crippen LogP) is 4.93. The van der Waals surface area contributed by atoms with E-state index in [1.165, 1.54) is 6.07 Å². The molecule has 0 aliphatic rings. The zero-order valence-electron chi connectivity index (χ0n) is 17.4. The number of aryl methyl sites for hydroxylation is 2. The largest absolute Gasteiger partial charge is 0.483 e. The van der Waals surface area contributed by atoms with Gasteiger partial charge >= 0.3 is 0 Å². The lowest BCUT2D eigenvalue weighted by atomic mass is 10.0. The SMILES string of the molecule is Cc1cc(OCC(=O)NC(c2ccccc2F)c2nccn2C)c(C(C)C)cc1Cl. The second-order valence-corrected chi connectivity index (χ2v) is 7.91. The van der Waals surface area contributed by atoms with Crippen LogP contribution in [0.1, 0.15) is 48.3 Å². The molecule has 0 spiro atoms. The standard InChI is InChI=1S/C23H25ClFN3O2/c1-14(2)17-12-18(24)15(3)11-20(17)30-13-21(29)27-22(23-26-9-10-28(23)4)16-7-5-6-8-19(16)25/h5-12,14,22H,13H2,1-4H3,(H,27,29). The molecule has 0 fully saturated rings. The highest BCUT2D eigenvalue weighted by Crippen LogP contribution is 2.32. The van der Waals surface area contributed by atoms with Crippen LogP contribution in [0.15, 0.2) is 48.8 Å². The molecule has 0 aliphatic heterocycles. The molecular formula is C23H25ClFN3O2. The summed E-state index contributed by atoms with van der Waals surface area (Å²) < 4.78 is 22.0. The van der Waals surface area contributed by atoms with Crippen molar-refractivity contribution in [1.82, 2.24) is 14.9 Å². The van der Waals surface area contributed by atoms with E-state index in [2.05, 4.69) is 10.3 Å². The number of nitrogens with zero attached hydrogens (tertiary/aromatic N) is 2. The molecule has 1 N–H and O–H groups in total. The Kier molecular flexibility index (Phi) is 6.77. The number of carbonyl (C=O) groups is 1. The molecule has 158 valence electrons. The number of halogens is 2. The van der Waals surface area contributed by atoms with E-state index >= 15 is 0 Å². The van der Waals surface area contributed by atoms with Crippen LogP contribution in [0.4, 0.5) is 4.39 Å². The minimum Gasteiger partial charge on any atom is -0.483 e. The van der Waals surface area contributed by atoms with Gasteiger partial charge in [-0.15, -0.1) is 0 Å². The van der Waals surface area contributed by atoms with Gasteiger partial charge in [-0.3, -0.25) is 4.79 Å². The Hall–Kier alpha value is -2.86. The summed E-state index contributed by atoms with van der Waals surface area (Å²) >= 11 is 6.24. The first-order valence-corrected chi connectivity index (χ1v) is 10.1. The predicted molar refractivity (Wildman–Crippen MR) is 115 cm³/mol. The van der Waals surface area contributed by atoms with E-state index in [0.29, 0.717) is 22.2 Å². The van der Waals surface area contributed by atoms with Gasteiger partial charge < -0.3 is 14.6 Å². The fraction of sp³-hybridized carbons (Fsp3) is 0.304. The molecule has 3 rings (SSSR count). The third-order valence-electron chi connectivity index (χ3n) is 4.91. The van der Waals surface area contributed by atoms with Crippen LogP contribution < -0.4 is 10.1 Å². The fourth-order valence-electron chi connectivity index (χ4n) is 3.24. The van der Waals surface area contributed by atoms with Gasteiger partial charge in [0.15, 0.2) is 6.61 Å². The summed E-state index contributed by atoms with van der Waals surface area (Å²) in [7, 11) is 1.80. The molecule has 1 amide bonds. The van der Waals surface area contributed by atoms with Crippen molar-refractivity contribution >= 4 is 17.5 Å². The Morgan fingerprint density at radius 1 is 1.27 bits per heavy atom. The second kappa shape index (κ2) is 9.30. The summed E-state index contributed by atoms with van der Waals surface area (Å²) in [5.41, 5.74) is 2.13. The average molecular weight is 430 g/mol. The Morgan fingerprint density at radius 3 is 2.63 bits per heavy atom. The van der Waals surface area contributed by atoms with Gasteiger partial charge in [-0.1, -0.05) is 43.6 Å². The quantitative estimate of drug-likeness (QED) is 0.579. The van der Waals surface area contributed by atoms with Gasteiger partial charge in [-0.25, -0.2) is 9.37 Å². The van der Waals surface area contributed by atoms with Crippen LogP contribution in [0.2, 0.25) is 5.02 Å². The van der Waals surface area contributed by atoms with Crippen LogP contribution in [0, 0.1) is 12.7 Å². The number of amides is 1. The number of benzene rings is 2.